The standard InChI is InChI=1S/C41H46N2O4/c1-31(2)20-23-37-38(45-3)26-35(22-21-32-14-8-5-9-15-32)39(41(44)46-4)40(37)47-30-36-29-42(27-33-16-10-6-11-17-33)24-25-43(36)28-34-18-12-7-13-19-34/h5-19,21-22,26,36H,1,20,23-25,27-30H2,2-4H3/b22-21+. The number of carbonyl (C=O) groups is 1. The molecule has 1 saturated heterocycles. The first-order chi connectivity index (χ1) is 22.9. The average Bonchev–Trinajstić information content (AvgIpc) is 3.10. The van der Waals surface area contributed by atoms with Gasteiger partial charge in [0, 0.05) is 38.3 Å². The molecule has 1 atom stereocenters. The number of nitrogens with zero attached hydrogens (tertiary/aromatic N) is 2. The minimum Gasteiger partial charge on any atom is -0.496 e. The van der Waals surface area contributed by atoms with Gasteiger partial charge in [-0.2, -0.15) is 0 Å². The second kappa shape index (κ2) is 16.8. The minimum absolute atomic E-state index is 0.0849. The predicted octanol–water partition coefficient (Wildman–Crippen LogP) is 7.93. The highest BCUT2D eigenvalue weighted by Crippen LogP contribution is 2.38. The van der Waals surface area contributed by atoms with Crippen LogP contribution < -0.4 is 9.47 Å². The molecule has 0 radical (unpaired) electrons. The molecule has 47 heavy (non-hydrogen) atoms. The van der Waals surface area contributed by atoms with Crippen LogP contribution in [0.1, 0.15) is 51.5 Å². The number of methoxy groups -OCH3 is 2. The Morgan fingerprint density at radius 2 is 1.51 bits per heavy atom. The number of carbonyl (C=O) groups excluding carboxylic acids is 1. The number of hydrogen-bond acceptors (Lipinski definition) is 6. The van der Waals surface area contributed by atoms with Crippen LogP contribution in [0.15, 0.2) is 109 Å². The van der Waals surface area contributed by atoms with Gasteiger partial charge in [-0.25, -0.2) is 4.79 Å². The van der Waals surface area contributed by atoms with Crippen molar-refractivity contribution in [3.63, 3.8) is 0 Å². The van der Waals surface area contributed by atoms with Gasteiger partial charge < -0.3 is 14.2 Å². The molecule has 0 aromatic heterocycles. The van der Waals surface area contributed by atoms with Crippen LogP contribution >= 0.6 is 0 Å². The van der Waals surface area contributed by atoms with Crippen molar-refractivity contribution in [2.45, 2.75) is 38.9 Å². The third kappa shape index (κ3) is 9.22. The minimum atomic E-state index is -0.442. The Bertz CT molecular complexity index is 1640. The van der Waals surface area contributed by atoms with Crippen LogP contribution in [0.3, 0.4) is 0 Å². The molecule has 0 spiro atoms. The largest absolute Gasteiger partial charge is 0.496 e. The van der Waals surface area contributed by atoms with E-state index in [1.807, 2.05) is 55.5 Å². The van der Waals surface area contributed by atoms with Gasteiger partial charge in [0.25, 0.3) is 0 Å². The summed E-state index contributed by atoms with van der Waals surface area (Å²) >= 11 is 0. The summed E-state index contributed by atoms with van der Waals surface area (Å²) in [6.07, 6.45) is 5.28. The highest BCUT2D eigenvalue weighted by atomic mass is 16.5. The third-order valence-corrected chi connectivity index (χ3v) is 8.63. The number of benzene rings is 4. The summed E-state index contributed by atoms with van der Waals surface area (Å²) in [6.45, 7) is 10.9. The Hall–Kier alpha value is -4.65. The van der Waals surface area contributed by atoms with Crippen molar-refractivity contribution in [1.82, 2.24) is 9.80 Å². The summed E-state index contributed by atoms with van der Waals surface area (Å²) in [4.78, 5) is 18.5. The topological polar surface area (TPSA) is 51.2 Å². The zero-order valence-corrected chi connectivity index (χ0v) is 27.9. The second-order valence-corrected chi connectivity index (χ2v) is 12.2. The lowest BCUT2D eigenvalue weighted by Crippen LogP contribution is -2.54. The lowest BCUT2D eigenvalue weighted by Gasteiger charge is -2.41. The molecule has 5 rings (SSSR count). The summed E-state index contributed by atoms with van der Waals surface area (Å²) in [5.41, 5.74) is 6.56. The Kier molecular flexibility index (Phi) is 12.0. The van der Waals surface area contributed by atoms with Gasteiger partial charge in [0.2, 0.25) is 0 Å². The van der Waals surface area contributed by atoms with Crippen molar-refractivity contribution in [3.05, 3.63) is 143 Å². The molecule has 1 heterocycles. The smallest absolute Gasteiger partial charge is 0.342 e. The SMILES string of the molecule is C=C(C)CCc1c(OC)cc(/C=C/c2ccccc2)c(C(=O)OC)c1OCC1CN(Cc2ccccc2)CCN1Cc1ccccc1. The van der Waals surface area contributed by atoms with E-state index in [9.17, 15) is 4.79 Å². The Balaban J connectivity index is 1.51. The van der Waals surface area contributed by atoms with E-state index in [0.717, 1.165) is 55.8 Å². The van der Waals surface area contributed by atoms with E-state index in [-0.39, 0.29) is 6.04 Å². The average molecular weight is 631 g/mol. The highest BCUT2D eigenvalue weighted by molar-refractivity contribution is 5.99. The van der Waals surface area contributed by atoms with Crippen LogP contribution in [0.5, 0.6) is 11.5 Å². The molecule has 6 nitrogen and oxygen atoms in total. The van der Waals surface area contributed by atoms with Gasteiger partial charge >= 0.3 is 5.97 Å². The summed E-state index contributed by atoms with van der Waals surface area (Å²) in [7, 11) is 3.08. The molecule has 1 aliphatic heterocycles. The molecule has 0 saturated carbocycles. The Labute approximate surface area is 279 Å². The summed E-state index contributed by atoms with van der Waals surface area (Å²) in [6, 6.07) is 33.2. The van der Waals surface area contributed by atoms with Gasteiger partial charge in [-0.15, -0.1) is 6.58 Å². The predicted molar refractivity (Wildman–Crippen MR) is 191 cm³/mol. The quantitative estimate of drug-likeness (QED) is 0.0802. The lowest BCUT2D eigenvalue weighted by molar-refractivity contribution is 0.0364. The van der Waals surface area contributed by atoms with E-state index in [4.69, 9.17) is 14.2 Å². The lowest BCUT2D eigenvalue weighted by atomic mass is 9.96. The molecule has 4 aromatic rings. The van der Waals surface area contributed by atoms with E-state index in [0.29, 0.717) is 35.7 Å². The van der Waals surface area contributed by atoms with Gasteiger partial charge in [0.05, 0.1) is 20.3 Å². The molecule has 4 aromatic carbocycles. The zero-order valence-electron chi connectivity index (χ0n) is 27.9. The molecule has 6 heteroatoms. The van der Waals surface area contributed by atoms with Crippen LogP contribution in [0.25, 0.3) is 12.2 Å². The fourth-order valence-corrected chi connectivity index (χ4v) is 6.11. The monoisotopic (exact) mass is 630 g/mol. The van der Waals surface area contributed by atoms with Gasteiger partial charge in [-0.1, -0.05) is 109 Å². The number of ether oxygens (including phenoxy) is 3. The van der Waals surface area contributed by atoms with E-state index < -0.39 is 5.97 Å². The maximum Gasteiger partial charge on any atom is 0.342 e. The fourth-order valence-electron chi connectivity index (χ4n) is 6.11. The summed E-state index contributed by atoms with van der Waals surface area (Å²) in [5, 5.41) is 0. The van der Waals surface area contributed by atoms with Crippen molar-refractivity contribution in [1.29, 1.82) is 0 Å². The molecule has 0 bridgehead atoms. The number of rotatable bonds is 14. The van der Waals surface area contributed by atoms with Crippen LogP contribution in [0.4, 0.5) is 0 Å². The van der Waals surface area contributed by atoms with Crippen molar-refractivity contribution in [2.24, 2.45) is 0 Å². The molecular formula is C41H46N2O4. The number of allylic oxidation sites excluding steroid dienone is 1. The van der Waals surface area contributed by atoms with Crippen LogP contribution in [0, 0.1) is 0 Å². The first-order valence-corrected chi connectivity index (χ1v) is 16.3. The normalized spacial score (nSPS) is 15.4. The molecule has 244 valence electrons. The van der Waals surface area contributed by atoms with E-state index in [1.54, 1.807) is 7.11 Å². The summed E-state index contributed by atoms with van der Waals surface area (Å²) < 4.78 is 18.2. The van der Waals surface area contributed by atoms with Gasteiger partial charge in [-0.3, -0.25) is 9.80 Å². The first kappa shape index (κ1) is 33.7. The molecular weight excluding hydrogens is 584 g/mol. The number of piperazine rings is 1. The highest BCUT2D eigenvalue weighted by Gasteiger charge is 2.30. The van der Waals surface area contributed by atoms with Crippen molar-refractivity contribution in [3.8, 4) is 11.5 Å². The van der Waals surface area contributed by atoms with Crippen LogP contribution in [-0.4, -0.2) is 62.3 Å². The van der Waals surface area contributed by atoms with Crippen molar-refractivity contribution >= 4 is 18.1 Å². The molecule has 0 N–H and O–H groups in total. The first-order valence-electron chi connectivity index (χ1n) is 16.3. The van der Waals surface area contributed by atoms with Gasteiger partial charge in [0.1, 0.15) is 23.7 Å². The molecule has 1 aliphatic rings. The zero-order chi connectivity index (χ0) is 33.0. The molecule has 1 fully saturated rings. The van der Waals surface area contributed by atoms with E-state index in [1.165, 1.54) is 18.2 Å². The van der Waals surface area contributed by atoms with Crippen molar-refractivity contribution < 1.29 is 19.0 Å². The number of esters is 1. The second-order valence-electron chi connectivity index (χ2n) is 12.2. The molecule has 1 unspecified atom stereocenters. The van der Waals surface area contributed by atoms with Crippen molar-refractivity contribution in [2.75, 3.05) is 40.5 Å². The number of hydrogen-bond donors (Lipinski definition) is 0. The van der Waals surface area contributed by atoms with E-state index >= 15 is 0 Å². The third-order valence-electron chi connectivity index (χ3n) is 8.63. The van der Waals surface area contributed by atoms with E-state index in [2.05, 4.69) is 77.0 Å². The van der Waals surface area contributed by atoms with Gasteiger partial charge in [-0.05, 0) is 48.1 Å². The molecule has 0 aliphatic carbocycles. The van der Waals surface area contributed by atoms with Gasteiger partial charge in [0.15, 0.2) is 0 Å². The Morgan fingerprint density at radius 1 is 0.872 bits per heavy atom. The Morgan fingerprint density at radius 3 is 2.13 bits per heavy atom. The molecule has 0 amide bonds. The van der Waals surface area contributed by atoms with Crippen LogP contribution in [0.2, 0.25) is 0 Å². The summed E-state index contributed by atoms with van der Waals surface area (Å²) in [5.74, 6) is 0.754. The van der Waals surface area contributed by atoms with Crippen LogP contribution in [-0.2, 0) is 24.2 Å². The fraction of sp³-hybridized carbons (Fsp3) is 0.293. The maximum absolute atomic E-state index is 13.6. The maximum atomic E-state index is 13.6.